The van der Waals surface area contributed by atoms with Gasteiger partial charge in [0.1, 0.15) is 11.8 Å². The number of carbonyl (C=O) groups is 2. The summed E-state index contributed by atoms with van der Waals surface area (Å²) >= 11 is 0. The van der Waals surface area contributed by atoms with Crippen molar-refractivity contribution in [2.45, 2.75) is 17.4 Å². The van der Waals surface area contributed by atoms with E-state index in [0.29, 0.717) is 11.3 Å². The van der Waals surface area contributed by atoms with Crippen LogP contribution >= 0.6 is 0 Å². The lowest BCUT2D eigenvalue weighted by Gasteiger charge is -2.18. The smallest absolute Gasteiger partial charge is 0.264 e. The number of aromatic hydroxyl groups is 1. The molecule has 2 amide bonds. The Hall–Kier alpha value is -3.11. The number of phenols is 1. The molecule has 0 aliphatic heterocycles. The molecule has 144 valence electrons. The largest absolute Gasteiger partial charge is 0.508 e. The second-order valence-corrected chi connectivity index (χ2v) is 7.42. The van der Waals surface area contributed by atoms with Crippen molar-refractivity contribution >= 4 is 27.5 Å². The third-order valence-electron chi connectivity index (χ3n) is 3.64. The number of hydrogen-bond acceptors (Lipinski definition) is 7. The Labute approximate surface area is 156 Å². The van der Waals surface area contributed by atoms with Gasteiger partial charge in [-0.3, -0.25) is 9.59 Å². The van der Waals surface area contributed by atoms with E-state index in [1.54, 1.807) is 12.1 Å². The molecule has 7 N–H and O–H groups in total. The Balaban J connectivity index is 2.20. The van der Waals surface area contributed by atoms with Gasteiger partial charge in [-0.2, -0.15) is 0 Å². The van der Waals surface area contributed by atoms with E-state index >= 15 is 0 Å². The topological polar surface area (TPSA) is 165 Å². The highest BCUT2D eigenvalue weighted by atomic mass is 32.2. The number of rotatable bonds is 7. The summed E-state index contributed by atoms with van der Waals surface area (Å²) < 4.78 is 26.7. The third kappa shape index (κ3) is 5.69. The Kier molecular flexibility index (Phi) is 6.37. The molecule has 2 aromatic carbocycles. The van der Waals surface area contributed by atoms with E-state index < -0.39 is 27.9 Å². The first kappa shape index (κ1) is 20.2. The highest BCUT2D eigenvalue weighted by Crippen LogP contribution is 2.14. The summed E-state index contributed by atoms with van der Waals surface area (Å²) in [5.74, 6) is -1.49. The van der Waals surface area contributed by atoms with E-state index in [-0.39, 0.29) is 23.6 Å². The van der Waals surface area contributed by atoms with Crippen molar-refractivity contribution in [3.05, 3.63) is 54.1 Å². The van der Waals surface area contributed by atoms with E-state index in [0.717, 1.165) is 0 Å². The van der Waals surface area contributed by atoms with Crippen LogP contribution in [0.2, 0.25) is 0 Å². The summed E-state index contributed by atoms with van der Waals surface area (Å²) in [7, 11) is -4.14. The van der Waals surface area contributed by atoms with Crippen molar-refractivity contribution in [2.24, 2.45) is 5.73 Å². The normalized spacial score (nSPS) is 12.2. The summed E-state index contributed by atoms with van der Waals surface area (Å²) in [6.45, 7) is -0.357. The molecular formula is C17H20N4O5S. The molecule has 0 saturated carbocycles. The van der Waals surface area contributed by atoms with Gasteiger partial charge < -0.3 is 21.9 Å². The maximum atomic E-state index is 12.5. The van der Waals surface area contributed by atoms with Gasteiger partial charge >= 0.3 is 0 Å². The van der Waals surface area contributed by atoms with Crippen LogP contribution in [0, 0.1) is 0 Å². The number of amides is 2. The van der Waals surface area contributed by atoms with E-state index in [2.05, 4.69) is 5.32 Å². The number of benzene rings is 2. The van der Waals surface area contributed by atoms with Crippen molar-refractivity contribution in [1.29, 1.82) is 0 Å². The zero-order valence-corrected chi connectivity index (χ0v) is 15.1. The highest BCUT2D eigenvalue weighted by molar-refractivity contribution is 7.90. The first-order valence-corrected chi connectivity index (χ1v) is 9.39. The monoisotopic (exact) mass is 392 g/mol. The lowest BCUT2D eigenvalue weighted by molar-refractivity contribution is -0.127. The number of sulfonamides is 1. The van der Waals surface area contributed by atoms with Gasteiger partial charge in [0.15, 0.2) is 0 Å². The zero-order valence-electron chi connectivity index (χ0n) is 14.3. The molecule has 2 rings (SSSR count). The first-order valence-electron chi connectivity index (χ1n) is 7.91. The second-order valence-electron chi connectivity index (χ2n) is 5.73. The van der Waals surface area contributed by atoms with Gasteiger partial charge in [0.2, 0.25) is 5.91 Å². The van der Waals surface area contributed by atoms with E-state index in [4.69, 9.17) is 11.5 Å². The number of nitrogen functional groups attached to an aromatic ring is 1. The van der Waals surface area contributed by atoms with Crippen molar-refractivity contribution in [3.63, 3.8) is 0 Å². The van der Waals surface area contributed by atoms with Gasteiger partial charge in [0.05, 0.1) is 11.4 Å². The molecule has 0 aromatic heterocycles. The molecule has 0 aliphatic carbocycles. The Morgan fingerprint density at radius 3 is 2.19 bits per heavy atom. The third-order valence-corrected chi connectivity index (χ3v) is 5.00. The Morgan fingerprint density at radius 2 is 1.63 bits per heavy atom. The molecule has 0 unspecified atom stereocenters. The number of nitrogens with two attached hydrogens (primary N) is 2. The van der Waals surface area contributed by atoms with Gasteiger partial charge in [0.25, 0.3) is 15.9 Å². The van der Waals surface area contributed by atoms with Crippen LogP contribution in [0.5, 0.6) is 5.75 Å². The van der Waals surface area contributed by atoms with Crippen LogP contribution in [0.1, 0.15) is 5.56 Å². The number of nitrogens with one attached hydrogen (secondary N) is 2. The molecule has 0 heterocycles. The quantitative estimate of drug-likeness (QED) is 0.395. The molecule has 0 aliphatic rings. The maximum Gasteiger partial charge on any atom is 0.264 e. The van der Waals surface area contributed by atoms with Gasteiger partial charge in [-0.15, -0.1) is 0 Å². The highest BCUT2D eigenvalue weighted by Gasteiger charge is 2.26. The zero-order chi connectivity index (χ0) is 20.0. The molecule has 0 saturated heterocycles. The van der Waals surface area contributed by atoms with Crippen molar-refractivity contribution in [1.82, 2.24) is 10.0 Å². The van der Waals surface area contributed by atoms with E-state index in [1.807, 2.05) is 4.72 Å². The van der Waals surface area contributed by atoms with Crippen LogP contribution in [0.25, 0.3) is 0 Å². The van der Waals surface area contributed by atoms with Gasteiger partial charge in [-0.1, -0.05) is 12.1 Å². The fraction of sp³-hybridized carbons (Fsp3) is 0.176. The summed E-state index contributed by atoms with van der Waals surface area (Å²) in [4.78, 5) is 24.0. The van der Waals surface area contributed by atoms with Crippen LogP contribution in [0.3, 0.4) is 0 Å². The SMILES string of the molecule is NCC(=O)N[C@@H](Cc1ccc(O)cc1)C(=O)NS(=O)(=O)c1ccc(N)cc1. The standard InChI is InChI=1S/C17H20N4O5S/c18-10-16(23)20-15(9-11-1-5-13(22)6-2-11)17(24)21-27(25,26)14-7-3-12(19)4-8-14/h1-8,15,22H,9-10,18-19H2,(H,20,23)(H,21,24)/t15-/m0/s1. The lowest BCUT2D eigenvalue weighted by atomic mass is 10.1. The summed E-state index contributed by atoms with van der Waals surface area (Å²) in [6, 6.07) is 10.1. The lowest BCUT2D eigenvalue weighted by Crippen LogP contribution is -2.50. The number of carbonyl (C=O) groups excluding carboxylic acids is 2. The minimum atomic E-state index is -4.14. The Bertz CT molecular complexity index is 911. The molecule has 27 heavy (non-hydrogen) atoms. The second kappa shape index (κ2) is 8.52. The van der Waals surface area contributed by atoms with Crippen molar-refractivity contribution in [2.75, 3.05) is 12.3 Å². The molecule has 0 fully saturated rings. The van der Waals surface area contributed by atoms with Crippen molar-refractivity contribution in [3.8, 4) is 5.75 Å². The first-order chi connectivity index (χ1) is 12.7. The molecule has 0 spiro atoms. The van der Waals surface area contributed by atoms with Crippen LogP contribution in [0.15, 0.2) is 53.4 Å². The van der Waals surface area contributed by atoms with E-state index in [9.17, 15) is 23.1 Å². The Morgan fingerprint density at radius 1 is 1.04 bits per heavy atom. The average molecular weight is 392 g/mol. The maximum absolute atomic E-state index is 12.5. The van der Waals surface area contributed by atoms with E-state index in [1.165, 1.54) is 36.4 Å². The predicted molar refractivity (Wildman–Crippen MR) is 99.0 cm³/mol. The molecule has 0 bridgehead atoms. The summed E-state index contributed by atoms with van der Waals surface area (Å²) in [5.41, 5.74) is 11.8. The van der Waals surface area contributed by atoms with Crippen molar-refractivity contribution < 1.29 is 23.1 Å². The summed E-state index contributed by atoms with van der Waals surface area (Å²) in [5, 5.41) is 11.7. The summed E-state index contributed by atoms with van der Waals surface area (Å²) in [6.07, 6.45) is 0.00904. The minimum absolute atomic E-state index is 0.00904. The number of hydrogen-bond donors (Lipinski definition) is 5. The predicted octanol–water partition coefficient (Wildman–Crippen LogP) is -0.534. The molecule has 0 radical (unpaired) electrons. The average Bonchev–Trinajstić information content (AvgIpc) is 2.62. The molecule has 2 aromatic rings. The molecule has 9 nitrogen and oxygen atoms in total. The van der Waals surface area contributed by atoms with Crippen LogP contribution in [-0.4, -0.2) is 37.9 Å². The van der Waals surface area contributed by atoms with Crippen LogP contribution in [-0.2, 0) is 26.0 Å². The van der Waals surface area contributed by atoms with Gasteiger partial charge in [-0.05, 0) is 42.0 Å². The van der Waals surface area contributed by atoms with Gasteiger partial charge in [0, 0.05) is 12.1 Å². The molecular weight excluding hydrogens is 372 g/mol. The van der Waals surface area contributed by atoms with Gasteiger partial charge in [-0.25, -0.2) is 13.1 Å². The van der Waals surface area contributed by atoms with Crippen LogP contribution < -0.4 is 21.5 Å². The molecule has 10 heteroatoms. The van der Waals surface area contributed by atoms with Crippen LogP contribution in [0.4, 0.5) is 5.69 Å². The fourth-order valence-electron chi connectivity index (χ4n) is 2.24. The molecule has 1 atom stereocenters. The fourth-order valence-corrected chi connectivity index (χ4v) is 3.26. The number of anilines is 1. The minimum Gasteiger partial charge on any atom is -0.508 e. The number of phenolic OH excluding ortho intramolecular Hbond substituents is 1.